The van der Waals surface area contributed by atoms with Gasteiger partial charge in [-0.05, 0) is 31.0 Å². The lowest BCUT2D eigenvalue weighted by Gasteiger charge is -2.06. The molecule has 1 heterocycles. The van der Waals surface area contributed by atoms with Crippen molar-refractivity contribution in [2.45, 2.75) is 19.8 Å². The first-order chi connectivity index (χ1) is 10.6. The molecule has 1 aromatic heterocycles. The molecule has 5 nitrogen and oxygen atoms in total. The van der Waals surface area contributed by atoms with Crippen molar-refractivity contribution in [3.05, 3.63) is 59.5 Å². The van der Waals surface area contributed by atoms with Crippen LogP contribution in [0.2, 0.25) is 0 Å². The van der Waals surface area contributed by atoms with Crippen LogP contribution in [0.15, 0.2) is 47.1 Å². The van der Waals surface area contributed by atoms with Crippen LogP contribution < -0.4 is 10.6 Å². The normalized spacial score (nSPS) is 10.2. The Morgan fingerprint density at radius 3 is 2.64 bits per heavy atom. The highest BCUT2D eigenvalue weighted by atomic mass is 16.3. The van der Waals surface area contributed by atoms with Gasteiger partial charge >= 0.3 is 0 Å². The second-order valence-electron chi connectivity index (χ2n) is 5.07. The molecule has 0 unspecified atom stereocenters. The largest absolute Gasteiger partial charge is 0.459 e. The number of amides is 2. The van der Waals surface area contributed by atoms with Gasteiger partial charge in [-0.25, -0.2) is 0 Å². The molecule has 0 saturated carbocycles. The minimum Gasteiger partial charge on any atom is -0.459 e. The fourth-order valence-corrected chi connectivity index (χ4v) is 2.09. The topological polar surface area (TPSA) is 71.3 Å². The average Bonchev–Trinajstić information content (AvgIpc) is 3.04. The van der Waals surface area contributed by atoms with Gasteiger partial charge in [0.1, 0.15) is 0 Å². The van der Waals surface area contributed by atoms with Gasteiger partial charge in [0.2, 0.25) is 5.91 Å². The lowest BCUT2D eigenvalue weighted by atomic mass is 10.1. The summed E-state index contributed by atoms with van der Waals surface area (Å²) in [6.07, 6.45) is 2.60. The predicted octanol–water partition coefficient (Wildman–Crippen LogP) is 2.07. The second kappa shape index (κ2) is 8.02. The molecule has 0 aliphatic rings. The Labute approximate surface area is 129 Å². The molecule has 0 radical (unpaired) electrons. The third kappa shape index (κ3) is 5.09. The molecule has 22 heavy (non-hydrogen) atoms. The molecule has 0 fully saturated rings. The number of aryl methyl sites for hydroxylation is 2. The van der Waals surface area contributed by atoms with E-state index in [0.29, 0.717) is 25.9 Å². The Morgan fingerprint density at radius 2 is 1.91 bits per heavy atom. The lowest BCUT2D eigenvalue weighted by Crippen LogP contribution is -2.34. The summed E-state index contributed by atoms with van der Waals surface area (Å²) in [6.45, 7) is 2.81. The highest BCUT2D eigenvalue weighted by Gasteiger charge is 2.07. The van der Waals surface area contributed by atoms with Crippen LogP contribution in [0.5, 0.6) is 0 Å². The van der Waals surface area contributed by atoms with E-state index in [1.165, 1.54) is 11.8 Å². The number of benzene rings is 1. The monoisotopic (exact) mass is 300 g/mol. The summed E-state index contributed by atoms with van der Waals surface area (Å²) in [5, 5.41) is 5.46. The van der Waals surface area contributed by atoms with Crippen LogP contribution in [0.3, 0.4) is 0 Å². The summed E-state index contributed by atoms with van der Waals surface area (Å²) in [5.74, 6) is -0.0291. The molecule has 116 valence electrons. The van der Waals surface area contributed by atoms with E-state index in [1.54, 1.807) is 12.1 Å². The van der Waals surface area contributed by atoms with E-state index in [0.717, 1.165) is 5.56 Å². The third-order valence-electron chi connectivity index (χ3n) is 3.20. The van der Waals surface area contributed by atoms with Crippen LogP contribution in [0.4, 0.5) is 0 Å². The smallest absolute Gasteiger partial charge is 0.287 e. The molecular formula is C17H20N2O3. The van der Waals surface area contributed by atoms with Gasteiger partial charge in [0.15, 0.2) is 5.76 Å². The molecule has 0 aliphatic carbocycles. The van der Waals surface area contributed by atoms with E-state index in [-0.39, 0.29) is 17.6 Å². The number of hydrogen-bond donors (Lipinski definition) is 2. The molecule has 5 heteroatoms. The summed E-state index contributed by atoms with van der Waals surface area (Å²) < 4.78 is 4.97. The van der Waals surface area contributed by atoms with Gasteiger partial charge < -0.3 is 15.1 Å². The van der Waals surface area contributed by atoms with Gasteiger partial charge in [-0.3, -0.25) is 9.59 Å². The number of carbonyl (C=O) groups excluding carboxylic acids is 2. The SMILES string of the molecule is Cc1cccc(CCC(=O)NCCNC(=O)c2ccco2)c1. The van der Waals surface area contributed by atoms with Crippen molar-refractivity contribution >= 4 is 11.8 Å². The quantitative estimate of drug-likeness (QED) is 0.769. The Balaban J connectivity index is 1.61. The Kier molecular flexibility index (Phi) is 5.77. The highest BCUT2D eigenvalue weighted by Crippen LogP contribution is 2.06. The fraction of sp³-hybridized carbons (Fsp3) is 0.294. The van der Waals surface area contributed by atoms with Crippen LogP contribution in [0.1, 0.15) is 28.1 Å². The first kappa shape index (κ1) is 15.8. The van der Waals surface area contributed by atoms with E-state index in [4.69, 9.17) is 4.42 Å². The molecule has 2 aromatic rings. The van der Waals surface area contributed by atoms with Crippen LogP contribution in [-0.2, 0) is 11.2 Å². The van der Waals surface area contributed by atoms with Gasteiger partial charge in [-0.1, -0.05) is 29.8 Å². The van der Waals surface area contributed by atoms with Gasteiger partial charge in [0.05, 0.1) is 6.26 Å². The van der Waals surface area contributed by atoms with Crippen molar-refractivity contribution in [1.82, 2.24) is 10.6 Å². The van der Waals surface area contributed by atoms with E-state index < -0.39 is 0 Å². The van der Waals surface area contributed by atoms with E-state index in [9.17, 15) is 9.59 Å². The van der Waals surface area contributed by atoms with Crippen molar-refractivity contribution in [3.63, 3.8) is 0 Å². The van der Waals surface area contributed by atoms with Crippen LogP contribution in [0.25, 0.3) is 0 Å². The van der Waals surface area contributed by atoms with E-state index >= 15 is 0 Å². The van der Waals surface area contributed by atoms with Crippen LogP contribution in [0, 0.1) is 6.92 Å². The molecule has 2 rings (SSSR count). The maximum absolute atomic E-state index is 11.7. The minimum absolute atomic E-state index is 0.0197. The van der Waals surface area contributed by atoms with Crippen molar-refractivity contribution in [1.29, 1.82) is 0 Å². The number of furan rings is 1. The third-order valence-corrected chi connectivity index (χ3v) is 3.20. The minimum atomic E-state index is -0.279. The van der Waals surface area contributed by atoms with Crippen molar-refractivity contribution < 1.29 is 14.0 Å². The Morgan fingerprint density at radius 1 is 1.09 bits per heavy atom. The summed E-state index contributed by atoms with van der Waals surface area (Å²) >= 11 is 0. The highest BCUT2D eigenvalue weighted by molar-refractivity contribution is 5.91. The maximum atomic E-state index is 11.7. The number of hydrogen-bond acceptors (Lipinski definition) is 3. The van der Waals surface area contributed by atoms with Gasteiger partial charge in [-0.15, -0.1) is 0 Å². The molecule has 0 atom stereocenters. The van der Waals surface area contributed by atoms with Crippen LogP contribution >= 0.6 is 0 Å². The summed E-state index contributed by atoms with van der Waals surface area (Å²) in [7, 11) is 0. The number of rotatable bonds is 7. The van der Waals surface area contributed by atoms with Crippen molar-refractivity contribution in [3.8, 4) is 0 Å². The van der Waals surface area contributed by atoms with Gasteiger partial charge in [-0.2, -0.15) is 0 Å². The molecule has 0 spiro atoms. The summed E-state index contributed by atoms with van der Waals surface area (Å²) in [6, 6.07) is 11.4. The zero-order valence-corrected chi connectivity index (χ0v) is 12.6. The average molecular weight is 300 g/mol. The molecule has 0 aliphatic heterocycles. The molecule has 0 bridgehead atoms. The van der Waals surface area contributed by atoms with Gasteiger partial charge in [0.25, 0.3) is 5.91 Å². The molecule has 1 aromatic carbocycles. The zero-order valence-electron chi connectivity index (χ0n) is 12.6. The number of nitrogens with one attached hydrogen (secondary N) is 2. The summed E-state index contributed by atoms with van der Waals surface area (Å²) in [5.41, 5.74) is 2.35. The van der Waals surface area contributed by atoms with Crippen LogP contribution in [-0.4, -0.2) is 24.9 Å². The molecule has 0 saturated heterocycles. The lowest BCUT2D eigenvalue weighted by molar-refractivity contribution is -0.121. The van der Waals surface area contributed by atoms with Gasteiger partial charge in [0, 0.05) is 19.5 Å². The molecule has 2 amide bonds. The maximum Gasteiger partial charge on any atom is 0.287 e. The first-order valence-electron chi connectivity index (χ1n) is 7.29. The first-order valence-corrected chi connectivity index (χ1v) is 7.29. The molecule has 2 N–H and O–H groups in total. The van der Waals surface area contributed by atoms with Crippen molar-refractivity contribution in [2.24, 2.45) is 0 Å². The summed E-state index contributed by atoms with van der Waals surface area (Å²) in [4.78, 5) is 23.3. The van der Waals surface area contributed by atoms with E-state index in [1.807, 2.05) is 25.1 Å². The molecular weight excluding hydrogens is 280 g/mol. The number of carbonyl (C=O) groups is 2. The fourth-order valence-electron chi connectivity index (χ4n) is 2.09. The standard InChI is InChI=1S/C17H20N2O3/c1-13-4-2-5-14(12-13)7-8-16(20)18-9-10-19-17(21)15-6-3-11-22-15/h2-6,11-12H,7-10H2,1H3,(H,18,20)(H,19,21). The zero-order chi connectivity index (χ0) is 15.8. The van der Waals surface area contributed by atoms with E-state index in [2.05, 4.69) is 16.7 Å². The second-order valence-corrected chi connectivity index (χ2v) is 5.07. The predicted molar refractivity (Wildman–Crippen MR) is 83.6 cm³/mol. The Bertz CT molecular complexity index is 621. The Hall–Kier alpha value is -2.56. The van der Waals surface area contributed by atoms with Crippen molar-refractivity contribution in [2.75, 3.05) is 13.1 Å².